The van der Waals surface area contributed by atoms with Crippen molar-refractivity contribution in [3.8, 4) is 0 Å². The minimum Gasteiger partial charge on any atom is -0.304 e. The standard InChI is InChI=1S/C13H12ClNO2/c1-8(2)5-6-15-11-7-9(14)3-4-10(11)12(16)13(15)17/h3-4,7H,1,5-6H2,2H3. The van der Waals surface area contributed by atoms with Gasteiger partial charge < -0.3 is 4.90 Å². The molecular weight excluding hydrogens is 238 g/mol. The van der Waals surface area contributed by atoms with Crippen molar-refractivity contribution in [1.82, 2.24) is 0 Å². The molecule has 0 unspecified atom stereocenters. The number of anilines is 1. The number of Topliss-reactive ketones (excluding diaryl/α,β-unsaturated/α-hetero) is 1. The molecule has 17 heavy (non-hydrogen) atoms. The summed E-state index contributed by atoms with van der Waals surface area (Å²) in [6, 6.07) is 4.87. The number of carbonyl (C=O) groups is 2. The van der Waals surface area contributed by atoms with Crippen molar-refractivity contribution in [2.75, 3.05) is 11.4 Å². The van der Waals surface area contributed by atoms with E-state index in [0.717, 1.165) is 5.57 Å². The molecule has 0 bridgehead atoms. The van der Waals surface area contributed by atoms with Crippen molar-refractivity contribution in [3.05, 3.63) is 40.9 Å². The Bertz CT molecular complexity index is 522. The summed E-state index contributed by atoms with van der Waals surface area (Å²) in [5, 5.41) is 0.520. The number of benzene rings is 1. The molecule has 0 aromatic heterocycles. The SMILES string of the molecule is C=C(C)CCN1C(=O)C(=O)c2ccc(Cl)cc21. The average Bonchev–Trinajstić information content (AvgIpc) is 2.49. The molecule has 2 rings (SSSR count). The van der Waals surface area contributed by atoms with Crippen LogP contribution >= 0.6 is 11.6 Å². The lowest BCUT2D eigenvalue weighted by molar-refractivity contribution is -0.114. The van der Waals surface area contributed by atoms with Crippen molar-refractivity contribution < 1.29 is 9.59 Å². The first-order valence-electron chi connectivity index (χ1n) is 5.31. The Morgan fingerprint density at radius 2 is 2.12 bits per heavy atom. The predicted molar refractivity (Wildman–Crippen MR) is 67.6 cm³/mol. The highest BCUT2D eigenvalue weighted by molar-refractivity contribution is 6.52. The maximum absolute atomic E-state index is 11.8. The van der Waals surface area contributed by atoms with Gasteiger partial charge in [-0.15, -0.1) is 6.58 Å². The molecule has 3 nitrogen and oxygen atoms in total. The summed E-state index contributed by atoms with van der Waals surface area (Å²) in [7, 11) is 0. The lowest BCUT2D eigenvalue weighted by Gasteiger charge is -2.16. The number of fused-ring (bicyclic) bond motifs is 1. The second-order valence-electron chi connectivity index (χ2n) is 4.15. The van der Waals surface area contributed by atoms with Gasteiger partial charge in [0.25, 0.3) is 11.7 Å². The Balaban J connectivity index is 2.36. The Kier molecular flexibility index (Phi) is 3.03. The highest BCUT2D eigenvalue weighted by Gasteiger charge is 2.35. The van der Waals surface area contributed by atoms with Crippen LogP contribution in [0.4, 0.5) is 5.69 Å². The highest BCUT2D eigenvalue weighted by Crippen LogP contribution is 2.31. The Labute approximate surface area is 105 Å². The minimum absolute atomic E-state index is 0.432. The van der Waals surface area contributed by atoms with Crippen molar-refractivity contribution in [1.29, 1.82) is 0 Å². The Morgan fingerprint density at radius 1 is 1.41 bits per heavy atom. The van der Waals surface area contributed by atoms with Crippen LogP contribution in [-0.2, 0) is 4.79 Å². The molecule has 1 aliphatic rings. The fourth-order valence-corrected chi connectivity index (χ4v) is 1.96. The van der Waals surface area contributed by atoms with Gasteiger partial charge >= 0.3 is 0 Å². The molecule has 1 aliphatic heterocycles. The van der Waals surface area contributed by atoms with Gasteiger partial charge in [-0.3, -0.25) is 9.59 Å². The molecule has 1 amide bonds. The van der Waals surface area contributed by atoms with E-state index in [0.29, 0.717) is 29.2 Å². The van der Waals surface area contributed by atoms with E-state index in [2.05, 4.69) is 6.58 Å². The second-order valence-corrected chi connectivity index (χ2v) is 4.59. The summed E-state index contributed by atoms with van der Waals surface area (Å²) in [6.07, 6.45) is 0.672. The molecule has 88 valence electrons. The molecule has 4 heteroatoms. The van der Waals surface area contributed by atoms with E-state index in [1.54, 1.807) is 18.2 Å². The largest absolute Gasteiger partial charge is 0.304 e. The number of hydrogen-bond donors (Lipinski definition) is 0. The van der Waals surface area contributed by atoms with Crippen LogP contribution in [0.15, 0.2) is 30.4 Å². The van der Waals surface area contributed by atoms with Crippen LogP contribution in [0.3, 0.4) is 0 Å². The van der Waals surface area contributed by atoms with Crippen LogP contribution in [0.1, 0.15) is 23.7 Å². The van der Waals surface area contributed by atoms with Crippen LogP contribution in [0.25, 0.3) is 0 Å². The van der Waals surface area contributed by atoms with Crippen LogP contribution in [0.5, 0.6) is 0 Å². The smallest absolute Gasteiger partial charge is 0.299 e. The quantitative estimate of drug-likeness (QED) is 0.610. The molecule has 0 saturated carbocycles. The number of amides is 1. The number of ketones is 1. The first-order valence-corrected chi connectivity index (χ1v) is 5.68. The van der Waals surface area contributed by atoms with Crippen molar-refractivity contribution in [3.63, 3.8) is 0 Å². The topological polar surface area (TPSA) is 37.4 Å². The maximum atomic E-state index is 11.8. The number of halogens is 1. The normalized spacial score (nSPS) is 14.1. The molecule has 1 aromatic carbocycles. The van der Waals surface area contributed by atoms with Gasteiger partial charge in [0.15, 0.2) is 0 Å². The van der Waals surface area contributed by atoms with Gasteiger partial charge in [-0.2, -0.15) is 0 Å². The Morgan fingerprint density at radius 3 is 2.76 bits per heavy atom. The summed E-state index contributed by atoms with van der Waals surface area (Å²) >= 11 is 5.88. The zero-order valence-electron chi connectivity index (χ0n) is 9.50. The van der Waals surface area contributed by atoms with Crippen LogP contribution < -0.4 is 4.90 Å². The van der Waals surface area contributed by atoms with E-state index >= 15 is 0 Å². The zero-order chi connectivity index (χ0) is 12.6. The van der Waals surface area contributed by atoms with Gasteiger partial charge in [0.2, 0.25) is 0 Å². The molecule has 0 fully saturated rings. The molecule has 0 radical (unpaired) electrons. The van der Waals surface area contributed by atoms with E-state index in [1.165, 1.54) is 4.90 Å². The predicted octanol–water partition coefficient (Wildman–Crippen LogP) is 2.84. The highest BCUT2D eigenvalue weighted by atomic mass is 35.5. The lowest BCUT2D eigenvalue weighted by atomic mass is 10.1. The summed E-state index contributed by atoms with van der Waals surface area (Å²) in [6.45, 7) is 6.14. The molecule has 0 aliphatic carbocycles. The lowest BCUT2D eigenvalue weighted by Crippen LogP contribution is -2.30. The van der Waals surface area contributed by atoms with E-state index in [9.17, 15) is 9.59 Å². The van der Waals surface area contributed by atoms with E-state index in [-0.39, 0.29) is 0 Å². The monoisotopic (exact) mass is 249 g/mol. The van der Waals surface area contributed by atoms with Crippen molar-refractivity contribution in [2.24, 2.45) is 0 Å². The minimum atomic E-state index is -0.483. The second kappa shape index (κ2) is 4.34. The van der Waals surface area contributed by atoms with Gasteiger partial charge in [-0.1, -0.05) is 17.2 Å². The molecule has 0 N–H and O–H groups in total. The number of hydrogen-bond acceptors (Lipinski definition) is 2. The van der Waals surface area contributed by atoms with Gasteiger partial charge in [0.05, 0.1) is 11.3 Å². The third kappa shape index (κ3) is 2.11. The van der Waals surface area contributed by atoms with Gasteiger partial charge in [-0.05, 0) is 31.5 Å². The van der Waals surface area contributed by atoms with Crippen molar-refractivity contribution in [2.45, 2.75) is 13.3 Å². The first-order chi connectivity index (χ1) is 8.00. The zero-order valence-corrected chi connectivity index (χ0v) is 10.3. The summed E-state index contributed by atoms with van der Waals surface area (Å²) in [5.41, 5.74) is 2.01. The summed E-state index contributed by atoms with van der Waals surface area (Å²) in [5.74, 6) is -0.943. The third-order valence-electron chi connectivity index (χ3n) is 2.70. The van der Waals surface area contributed by atoms with E-state index in [4.69, 9.17) is 11.6 Å². The molecule has 1 heterocycles. The Hall–Kier alpha value is -1.61. The number of carbonyl (C=O) groups excluding carboxylic acids is 2. The van der Waals surface area contributed by atoms with Gasteiger partial charge in [0.1, 0.15) is 0 Å². The van der Waals surface area contributed by atoms with Crippen LogP contribution in [0, 0.1) is 0 Å². The van der Waals surface area contributed by atoms with Gasteiger partial charge in [0, 0.05) is 11.6 Å². The first kappa shape index (κ1) is 11.9. The number of rotatable bonds is 3. The number of nitrogens with zero attached hydrogens (tertiary/aromatic N) is 1. The van der Waals surface area contributed by atoms with Crippen LogP contribution in [0.2, 0.25) is 5.02 Å². The van der Waals surface area contributed by atoms with Crippen LogP contribution in [-0.4, -0.2) is 18.2 Å². The summed E-state index contributed by atoms with van der Waals surface area (Å²) in [4.78, 5) is 25.0. The third-order valence-corrected chi connectivity index (χ3v) is 2.93. The van der Waals surface area contributed by atoms with E-state index in [1.807, 2.05) is 6.92 Å². The molecule has 0 spiro atoms. The molecule has 0 saturated heterocycles. The average molecular weight is 250 g/mol. The molecule has 1 aromatic rings. The summed E-state index contributed by atoms with van der Waals surface area (Å²) < 4.78 is 0. The van der Waals surface area contributed by atoms with E-state index < -0.39 is 11.7 Å². The fraction of sp³-hybridized carbons (Fsp3) is 0.231. The maximum Gasteiger partial charge on any atom is 0.299 e. The fourth-order valence-electron chi connectivity index (χ4n) is 1.79. The van der Waals surface area contributed by atoms with Crippen molar-refractivity contribution >= 4 is 29.0 Å². The molecule has 0 atom stereocenters. The van der Waals surface area contributed by atoms with Gasteiger partial charge in [-0.25, -0.2) is 0 Å². The molecular formula is C13H12ClNO2.